The van der Waals surface area contributed by atoms with Crippen LogP contribution in [0.3, 0.4) is 0 Å². The van der Waals surface area contributed by atoms with Crippen LogP contribution in [0.2, 0.25) is 0 Å². The zero-order valence-electron chi connectivity index (χ0n) is 19.7. The number of rotatable bonds is 8. The van der Waals surface area contributed by atoms with Crippen molar-refractivity contribution in [2.24, 2.45) is 17.2 Å². The highest BCUT2D eigenvalue weighted by Crippen LogP contribution is 2.07. The Balaban J connectivity index is 0.000000215. The van der Waals surface area contributed by atoms with Gasteiger partial charge >= 0.3 is 0 Å². The Labute approximate surface area is 203 Å². The van der Waals surface area contributed by atoms with Crippen molar-refractivity contribution in [1.82, 2.24) is 19.8 Å². The molecule has 0 spiro atoms. The fourth-order valence-electron chi connectivity index (χ4n) is 3.13. The maximum atomic E-state index is 5.38. The Morgan fingerprint density at radius 3 is 2.16 bits per heavy atom. The largest absolute Gasteiger partial charge is 0.337 e. The summed E-state index contributed by atoms with van der Waals surface area (Å²) in [4.78, 5) is 7.77. The highest BCUT2D eigenvalue weighted by molar-refractivity contribution is 7.99. The Morgan fingerprint density at radius 2 is 1.69 bits per heavy atom. The number of thioether (sulfide) groups is 1. The molecule has 2 fully saturated rings. The van der Waals surface area contributed by atoms with Crippen molar-refractivity contribution >= 4 is 23.1 Å². The molecule has 9 heteroatoms. The zero-order chi connectivity index (χ0) is 23.1. The summed E-state index contributed by atoms with van der Waals surface area (Å²) in [5, 5.41) is 5.34. The van der Waals surface area contributed by atoms with Crippen LogP contribution >= 0.6 is 23.1 Å². The minimum Gasteiger partial charge on any atom is -0.337 e. The molecule has 0 saturated carbocycles. The lowest BCUT2D eigenvalue weighted by atomic mass is 10.3. The van der Waals surface area contributed by atoms with E-state index < -0.39 is 0 Å². The highest BCUT2D eigenvalue weighted by Gasteiger charge is 2.09. The molecule has 0 atom stereocenters. The van der Waals surface area contributed by atoms with Crippen molar-refractivity contribution < 1.29 is 0 Å². The maximum Gasteiger partial charge on any atom is 0.0945 e. The van der Waals surface area contributed by atoms with Crippen LogP contribution in [-0.4, -0.2) is 78.3 Å². The number of likely N-dealkylation sites (tertiary alicyclic amines) is 1. The van der Waals surface area contributed by atoms with Gasteiger partial charge in [0.25, 0.3) is 0 Å². The van der Waals surface area contributed by atoms with E-state index >= 15 is 0 Å². The van der Waals surface area contributed by atoms with Gasteiger partial charge in [-0.1, -0.05) is 6.07 Å². The van der Waals surface area contributed by atoms with Gasteiger partial charge in [-0.15, -0.1) is 11.3 Å². The summed E-state index contributed by atoms with van der Waals surface area (Å²) in [5.74, 6) is 2.61. The fourth-order valence-corrected chi connectivity index (χ4v) is 4.63. The van der Waals surface area contributed by atoms with Crippen LogP contribution in [0.5, 0.6) is 0 Å². The van der Waals surface area contributed by atoms with E-state index in [2.05, 4.69) is 32.7 Å². The van der Waals surface area contributed by atoms with Gasteiger partial charge < -0.3 is 32.0 Å². The molecule has 0 unspecified atom stereocenters. The number of thiophene rings is 1. The third-order valence-electron chi connectivity index (χ3n) is 4.87. The molecule has 2 aromatic heterocycles. The number of aryl methyl sites for hydroxylation is 1. The third kappa shape index (κ3) is 16.7. The molecule has 2 aliphatic rings. The molecular formula is C23H45N7S2. The first-order chi connectivity index (χ1) is 15.8. The molecule has 0 aliphatic carbocycles. The Bertz CT molecular complexity index is 572. The Morgan fingerprint density at radius 1 is 0.969 bits per heavy atom. The predicted octanol–water partition coefficient (Wildman–Crippen LogP) is 2.24. The number of hydrogen-bond donors (Lipinski definition) is 4. The summed E-state index contributed by atoms with van der Waals surface area (Å²) in [7, 11) is 0. The summed E-state index contributed by atoms with van der Waals surface area (Å²) < 4.78 is 2.02. The highest BCUT2D eigenvalue weighted by atomic mass is 32.2. The fraction of sp³-hybridized carbons (Fsp3) is 0.696. The van der Waals surface area contributed by atoms with Crippen molar-refractivity contribution in [3.8, 4) is 0 Å². The van der Waals surface area contributed by atoms with Crippen LogP contribution < -0.4 is 22.5 Å². The van der Waals surface area contributed by atoms with Crippen molar-refractivity contribution in [2.45, 2.75) is 38.6 Å². The molecule has 4 heterocycles. The quantitative estimate of drug-likeness (QED) is 0.456. The maximum absolute atomic E-state index is 5.38. The molecule has 0 aromatic carbocycles. The smallest absolute Gasteiger partial charge is 0.0945 e. The zero-order valence-corrected chi connectivity index (χ0v) is 21.3. The summed E-state index contributed by atoms with van der Waals surface area (Å²) in [6.07, 6.45) is 11.5. The van der Waals surface area contributed by atoms with Crippen LogP contribution in [-0.2, 0) is 13.0 Å². The van der Waals surface area contributed by atoms with Gasteiger partial charge in [-0.25, -0.2) is 4.98 Å². The minimum atomic E-state index is 0.748. The molecule has 32 heavy (non-hydrogen) atoms. The van der Waals surface area contributed by atoms with E-state index in [-0.39, 0.29) is 0 Å². The van der Waals surface area contributed by atoms with Gasteiger partial charge in [-0.3, -0.25) is 0 Å². The molecule has 7 N–H and O–H groups in total. The number of imidazole rings is 1. The van der Waals surface area contributed by atoms with Crippen LogP contribution in [0.4, 0.5) is 0 Å². The third-order valence-corrected chi connectivity index (χ3v) is 6.80. The summed E-state index contributed by atoms with van der Waals surface area (Å²) >= 11 is 3.80. The lowest BCUT2D eigenvalue weighted by Crippen LogP contribution is -2.24. The Kier molecular flexibility index (Phi) is 19.9. The predicted molar refractivity (Wildman–Crippen MR) is 143 cm³/mol. The van der Waals surface area contributed by atoms with Crippen LogP contribution in [0.25, 0.3) is 0 Å². The van der Waals surface area contributed by atoms with Crippen molar-refractivity contribution in [1.29, 1.82) is 0 Å². The molecule has 2 aliphatic heterocycles. The summed E-state index contributed by atoms with van der Waals surface area (Å²) in [6.45, 7) is 9.59. The van der Waals surface area contributed by atoms with Crippen molar-refractivity contribution in [3.63, 3.8) is 0 Å². The SMILES string of the molecule is C1CSCCN1.NCCCN1CCCC1.NCCCn1ccnc1.NCCc1cccs1. The van der Waals surface area contributed by atoms with Gasteiger partial charge in [0.15, 0.2) is 0 Å². The van der Waals surface area contributed by atoms with Gasteiger partial charge in [0.1, 0.15) is 0 Å². The second kappa shape index (κ2) is 21.9. The molecule has 7 nitrogen and oxygen atoms in total. The molecule has 0 amide bonds. The molecule has 2 saturated heterocycles. The lowest BCUT2D eigenvalue weighted by molar-refractivity contribution is 0.336. The molecule has 0 bridgehead atoms. The number of aromatic nitrogens is 2. The summed E-state index contributed by atoms with van der Waals surface area (Å²) in [5.41, 5.74) is 16.0. The molecular weight excluding hydrogens is 438 g/mol. The second-order valence-electron chi connectivity index (χ2n) is 7.61. The van der Waals surface area contributed by atoms with Crippen LogP contribution in [0, 0.1) is 0 Å². The summed E-state index contributed by atoms with van der Waals surface area (Å²) in [6, 6.07) is 4.16. The minimum absolute atomic E-state index is 0.748. The van der Waals surface area contributed by atoms with Crippen molar-refractivity contribution in [2.75, 3.05) is 63.9 Å². The average Bonchev–Trinajstić information content (AvgIpc) is 3.63. The van der Waals surface area contributed by atoms with E-state index in [9.17, 15) is 0 Å². The van der Waals surface area contributed by atoms with E-state index in [1.807, 2.05) is 22.5 Å². The first-order valence-electron chi connectivity index (χ1n) is 11.9. The molecule has 2 aromatic rings. The van der Waals surface area contributed by atoms with Crippen molar-refractivity contribution in [3.05, 3.63) is 41.1 Å². The lowest BCUT2D eigenvalue weighted by Gasteiger charge is -2.12. The number of nitrogens with two attached hydrogens (primary N) is 3. The van der Waals surface area contributed by atoms with Gasteiger partial charge in [-0.2, -0.15) is 11.8 Å². The number of nitrogens with one attached hydrogen (secondary N) is 1. The van der Waals surface area contributed by atoms with E-state index in [0.29, 0.717) is 0 Å². The Hall–Kier alpha value is -0.940. The van der Waals surface area contributed by atoms with Gasteiger partial charge in [-0.05, 0) is 82.8 Å². The number of nitrogens with zero attached hydrogens (tertiary/aromatic N) is 3. The first-order valence-corrected chi connectivity index (χ1v) is 13.9. The monoisotopic (exact) mass is 483 g/mol. The van der Waals surface area contributed by atoms with Gasteiger partial charge in [0.2, 0.25) is 0 Å². The average molecular weight is 484 g/mol. The van der Waals surface area contributed by atoms with E-state index in [1.165, 1.54) is 68.4 Å². The molecule has 4 rings (SSSR count). The van der Waals surface area contributed by atoms with Crippen LogP contribution in [0.1, 0.15) is 30.6 Å². The molecule has 184 valence electrons. The van der Waals surface area contributed by atoms with Crippen LogP contribution in [0.15, 0.2) is 36.2 Å². The normalized spacial score (nSPS) is 15.6. The van der Waals surface area contributed by atoms with E-state index in [1.54, 1.807) is 23.9 Å². The van der Waals surface area contributed by atoms with Gasteiger partial charge in [0, 0.05) is 48.4 Å². The molecule has 0 radical (unpaired) electrons. The number of hydrogen-bond acceptors (Lipinski definition) is 8. The first kappa shape index (κ1) is 29.1. The van der Waals surface area contributed by atoms with Gasteiger partial charge in [0.05, 0.1) is 6.33 Å². The van der Waals surface area contributed by atoms with E-state index in [4.69, 9.17) is 17.2 Å². The standard InChI is InChI=1S/C7H16N2.C6H11N3.C6H9NS.C4H9NS/c8-4-3-7-9-5-1-2-6-9;7-2-1-4-9-5-3-8-6-9;7-4-3-6-2-1-5-8-6;1-3-6-4-2-5-1/h1-8H2;3,5-6H,1-2,4,7H2;1-2,5H,3-4,7H2;5H,1-4H2. The topological polar surface area (TPSA) is 111 Å². The van der Waals surface area contributed by atoms with E-state index in [0.717, 1.165) is 39.0 Å². The second-order valence-corrected chi connectivity index (χ2v) is 9.87.